The van der Waals surface area contributed by atoms with Crippen molar-refractivity contribution in [2.24, 2.45) is 0 Å². The minimum Gasteiger partial charge on any atom is -0.489 e. The third-order valence-corrected chi connectivity index (χ3v) is 5.14. The summed E-state index contributed by atoms with van der Waals surface area (Å²) in [6.07, 6.45) is 6.47. The lowest BCUT2D eigenvalue weighted by atomic mass is 10.1. The number of benzene rings is 1. The zero-order chi connectivity index (χ0) is 19.4. The van der Waals surface area contributed by atoms with Crippen LogP contribution in [0.15, 0.2) is 30.6 Å². The van der Waals surface area contributed by atoms with Gasteiger partial charge in [0.15, 0.2) is 0 Å². The molecule has 1 saturated heterocycles. The average Bonchev–Trinajstić information content (AvgIpc) is 2.65. The van der Waals surface area contributed by atoms with Crippen LogP contribution in [-0.4, -0.2) is 36.3 Å². The molecule has 1 aliphatic heterocycles. The van der Waals surface area contributed by atoms with E-state index in [-0.39, 0.29) is 22.4 Å². The molecular weight excluding hydrogens is 412 g/mol. The van der Waals surface area contributed by atoms with Gasteiger partial charge in [-0.1, -0.05) is 35.1 Å². The van der Waals surface area contributed by atoms with Gasteiger partial charge in [-0.15, -0.1) is 0 Å². The smallest absolute Gasteiger partial charge is 0.264 e. The van der Waals surface area contributed by atoms with Gasteiger partial charge in [-0.25, -0.2) is 4.39 Å². The van der Waals surface area contributed by atoms with Crippen molar-refractivity contribution >= 4 is 46.7 Å². The highest BCUT2D eigenvalue weighted by atomic mass is 35.5. The van der Waals surface area contributed by atoms with Gasteiger partial charge < -0.3 is 9.64 Å². The van der Waals surface area contributed by atoms with Crippen LogP contribution < -0.4 is 14.4 Å². The van der Waals surface area contributed by atoms with Crippen LogP contribution in [0.3, 0.4) is 0 Å². The van der Waals surface area contributed by atoms with Crippen LogP contribution in [0.25, 0.3) is 0 Å². The highest BCUT2D eigenvalue weighted by Gasteiger charge is 2.23. The number of carbonyl (C=O) groups excluding carboxylic acids is 1. The summed E-state index contributed by atoms with van der Waals surface area (Å²) in [5, 5.41) is 0.808. The molecule has 1 fully saturated rings. The molecule has 5 nitrogen and oxygen atoms in total. The van der Waals surface area contributed by atoms with Crippen molar-refractivity contribution in [3.05, 3.63) is 52.0 Å². The minimum atomic E-state index is -0.664. The Hall–Kier alpha value is -1.70. The highest BCUT2D eigenvalue weighted by molar-refractivity contribution is 7.97. The van der Waals surface area contributed by atoms with E-state index in [1.54, 1.807) is 18.6 Å². The normalized spacial score (nSPS) is 14.9. The second-order valence-corrected chi connectivity index (χ2v) is 7.52. The maximum atomic E-state index is 14.2. The van der Waals surface area contributed by atoms with E-state index in [4.69, 9.17) is 27.9 Å². The first kappa shape index (κ1) is 20.0. The van der Waals surface area contributed by atoms with E-state index in [2.05, 4.69) is 14.6 Å². The Morgan fingerprint density at radius 2 is 2.04 bits per heavy atom. The fourth-order valence-electron chi connectivity index (χ4n) is 2.93. The molecule has 3 rings (SSSR count). The number of anilines is 1. The van der Waals surface area contributed by atoms with Crippen molar-refractivity contribution in [3.8, 4) is 5.75 Å². The molecule has 1 aromatic heterocycles. The van der Waals surface area contributed by atoms with Crippen LogP contribution in [0.5, 0.6) is 5.75 Å². The van der Waals surface area contributed by atoms with Crippen LogP contribution in [-0.2, 0) is 0 Å². The summed E-state index contributed by atoms with van der Waals surface area (Å²) < 4.78 is 22.6. The fraction of sp³-hybridized carbons (Fsp3) is 0.333. The quantitative estimate of drug-likeness (QED) is 0.704. The molecule has 9 heteroatoms. The van der Waals surface area contributed by atoms with Gasteiger partial charge in [0.25, 0.3) is 5.91 Å². The fourth-order valence-corrected chi connectivity index (χ4v) is 3.60. The number of piperidine rings is 1. The number of hydrogen-bond acceptors (Lipinski definition) is 5. The molecule has 144 valence electrons. The van der Waals surface area contributed by atoms with Gasteiger partial charge in [0.2, 0.25) is 0 Å². The molecule has 1 aliphatic rings. The lowest BCUT2D eigenvalue weighted by molar-refractivity contribution is 0.0980. The third kappa shape index (κ3) is 4.97. The van der Waals surface area contributed by atoms with Crippen molar-refractivity contribution in [2.75, 3.05) is 24.2 Å². The number of nitrogens with zero attached hydrogens (tertiary/aromatic N) is 2. The SMILES string of the molecule is CSNC(=O)c1cc(Cl)c(OC2CCN(c3cncc(Cl)c3)CC2)cc1F. The number of pyridine rings is 1. The molecule has 27 heavy (non-hydrogen) atoms. The lowest BCUT2D eigenvalue weighted by Gasteiger charge is -2.33. The Morgan fingerprint density at radius 1 is 1.30 bits per heavy atom. The predicted molar refractivity (Wildman–Crippen MR) is 108 cm³/mol. The molecular formula is C18H18Cl2FN3O2S. The first-order valence-corrected chi connectivity index (χ1v) is 10.3. The number of hydrogen-bond donors (Lipinski definition) is 1. The second kappa shape index (κ2) is 8.99. The average molecular weight is 430 g/mol. The molecule has 1 N–H and O–H groups in total. The van der Waals surface area contributed by atoms with E-state index in [1.807, 2.05) is 6.07 Å². The van der Waals surface area contributed by atoms with Crippen LogP contribution in [0, 0.1) is 5.82 Å². The first-order chi connectivity index (χ1) is 13.0. The number of halogens is 3. The minimum absolute atomic E-state index is 0.0869. The molecule has 0 unspecified atom stereocenters. The van der Waals surface area contributed by atoms with Gasteiger partial charge in [0.1, 0.15) is 17.7 Å². The van der Waals surface area contributed by atoms with Crippen molar-refractivity contribution in [2.45, 2.75) is 18.9 Å². The Morgan fingerprint density at radius 3 is 2.70 bits per heavy atom. The summed E-state index contributed by atoms with van der Waals surface area (Å²) in [4.78, 5) is 18.1. The molecule has 1 amide bonds. The summed E-state index contributed by atoms with van der Waals surface area (Å²) in [6, 6.07) is 4.34. The largest absolute Gasteiger partial charge is 0.489 e. The van der Waals surface area contributed by atoms with Crippen LogP contribution in [0.1, 0.15) is 23.2 Å². The maximum absolute atomic E-state index is 14.2. The number of carbonyl (C=O) groups is 1. The predicted octanol–water partition coefficient (Wildman–Crippen LogP) is 4.58. The van der Waals surface area contributed by atoms with Gasteiger partial charge in [0.05, 0.1) is 27.5 Å². The van der Waals surface area contributed by atoms with E-state index in [0.717, 1.165) is 43.6 Å². The van der Waals surface area contributed by atoms with E-state index in [9.17, 15) is 9.18 Å². The summed E-state index contributed by atoms with van der Waals surface area (Å²) in [6.45, 7) is 1.53. The molecule has 2 aromatic rings. The third-order valence-electron chi connectivity index (χ3n) is 4.25. The molecule has 2 heterocycles. The summed E-state index contributed by atoms with van der Waals surface area (Å²) in [7, 11) is 0. The van der Waals surface area contributed by atoms with Gasteiger partial charge >= 0.3 is 0 Å². The van der Waals surface area contributed by atoms with E-state index < -0.39 is 11.7 Å². The topological polar surface area (TPSA) is 54.5 Å². The van der Waals surface area contributed by atoms with Crippen LogP contribution in [0.4, 0.5) is 10.1 Å². The first-order valence-electron chi connectivity index (χ1n) is 8.32. The zero-order valence-electron chi connectivity index (χ0n) is 14.5. The van der Waals surface area contributed by atoms with Crippen molar-refractivity contribution in [1.82, 2.24) is 9.71 Å². The highest BCUT2D eigenvalue weighted by Crippen LogP contribution is 2.31. The number of amides is 1. The number of rotatable bonds is 5. The molecule has 0 bridgehead atoms. The summed E-state index contributed by atoms with van der Waals surface area (Å²) >= 11 is 13.3. The van der Waals surface area contributed by atoms with Crippen molar-refractivity contribution in [1.29, 1.82) is 0 Å². The second-order valence-electron chi connectivity index (χ2n) is 6.06. The molecule has 0 atom stereocenters. The lowest BCUT2D eigenvalue weighted by Crippen LogP contribution is -2.38. The standard InChI is InChI=1S/C18H18Cl2FN3O2S/c1-27-23-18(25)14-7-15(20)17(8-16(14)21)26-13-2-4-24(5-3-13)12-6-11(19)9-22-10-12/h6-10,13H,2-5H2,1H3,(H,23,25). The molecule has 0 spiro atoms. The van der Waals surface area contributed by atoms with Gasteiger partial charge in [0, 0.05) is 44.5 Å². The number of ether oxygens (including phenoxy) is 1. The van der Waals surface area contributed by atoms with Crippen molar-refractivity contribution in [3.63, 3.8) is 0 Å². The number of nitrogens with one attached hydrogen (secondary N) is 1. The van der Waals surface area contributed by atoms with Crippen LogP contribution >= 0.6 is 35.1 Å². The maximum Gasteiger partial charge on any atom is 0.264 e. The van der Waals surface area contributed by atoms with E-state index in [1.165, 1.54) is 12.1 Å². The molecule has 0 radical (unpaired) electrons. The van der Waals surface area contributed by atoms with Gasteiger partial charge in [-0.3, -0.25) is 14.5 Å². The van der Waals surface area contributed by atoms with Crippen molar-refractivity contribution < 1.29 is 13.9 Å². The van der Waals surface area contributed by atoms with E-state index >= 15 is 0 Å². The molecule has 0 aliphatic carbocycles. The van der Waals surface area contributed by atoms with Crippen LogP contribution in [0.2, 0.25) is 10.0 Å². The Kier molecular flexibility index (Phi) is 6.68. The Labute approximate surface area is 171 Å². The molecule has 1 aromatic carbocycles. The van der Waals surface area contributed by atoms with Gasteiger partial charge in [-0.05, 0) is 12.1 Å². The Bertz CT molecular complexity index is 832. The Balaban J connectivity index is 1.63. The summed E-state index contributed by atoms with van der Waals surface area (Å²) in [5.41, 5.74) is 0.860. The molecule has 0 saturated carbocycles. The van der Waals surface area contributed by atoms with E-state index in [0.29, 0.717) is 5.02 Å². The van der Waals surface area contributed by atoms with Gasteiger partial charge in [-0.2, -0.15) is 0 Å². The summed E-state index contributed by atoms with van der Waals surface area (Å²) in [5.74, 6) is -0.946. The monoisotopic (exact) mass is 429 g/mol. The number of aromatic nitrogens is 1. The zero-order valence-corrected chi connectivity index (χ0v) is 16.9.